The van der Waals surface area contributed by atoms with Crippen LogP contribution in [0.1, 0.15) is 25.7 Å². The lowest BCUT2D eigenvalue weighted by molar-refractivity contribution is 0.260. The molecule has 3 nitrogen and oxygen atoms in total. The molecule has 0 radical (unpaired) electrons. The van der Waals surface area contributed by atoms with Crippen molar-refractivity contribution in [2.75, 3.05) is 26.2 Å². The first-order valence-electron chi connectivity index (χ1n) is 5.74. The third kappa shape index (κ3) is 2.46. The molecule has 0 bridgehead atoms. The van der Waals surface area contributed by atoms with Crippen LogP contribution >= 0.6 is 0 Å². The highest BCUT2D eigenvalue weighted by Gasteiger charge is 2.24. The van der Waals surface area contributed by atoms with Crippen molar-refractivity contribution < 1.29 is 0 Å². The maximum atomic E-state index is 8.80. The van der Waals surface area contributed by atoms with Gasteiger partial charge in [0, 0.05) is 19.1 Å². The van der Waals surface area contributed by atoms with Gasteiger partial charge in [0.1, 0.15) is 0 Å². The zero-order valence-electron chi connectivity index (χ0n) is 8.71. The lowest BCUT2D eigenvalue weighted by atomic mass is 10.0. The number of nitrogens with zero attached hydrogens (tertiary/aromatic N) is 2. The summed E-state index contributed by atoms with van der Waals surface area (Å²) in [5.41, 5.74) is 0. The minimum atomic E-state index is 0.290. The summed E-state index contributed by atoms with van der Waals surface area (Å²) in [4.78, 5) is 2.44. The molecule has 2 fully saturated rings. The minimum absolute atomic E-state index is 0.290. The molecule has 2 aliphatic heterocycles. The Kier molecular flexibility index (Phi) is 3.39. The maximum absolute atomic E-state index is 8.80. The van der Waals surface area contributed by atoms with Gasteiger partial charge < -0.3 is 10.2 Å². The van der Waals surface area contributed by atoms with Gasteiger partial charge in [0.15, 0.2) is 0 Å². The normalized spacial score (nSPS) is 34.2. The quantitative estimate of drug-likeness (QED) is 0.710. The second-order valence-electron chi connectivity index (χ2n) is 4.52. The summed E-state index contributed by atoms with van der Waals surface area (Å²) in [7, 11) is 0. The third-order valence-corrected chi connectivity index (χ3v) is 3.35. The van der Waals surface area contributed by atoms with Crippen LogP contribution in [0.25, 0.3) is 0 Å². The van der Waals surface area contributed by atoms with Crippen LogP contribution in [0.3, 0.4) is 0 Å². The average molecular weight is 193 g/mol. The van der Waals surface area contributed by atoms with Crippen LogP contribution < -0.4 is 5.32 Å². The van der Waals surface area contributed by atoms with Crippen molar-refractivity contribution >= 4 is 0 Å². The number of nitriles is 1. The summed E-state index contributed by atoms with van der Waals surface area (Å²) >= 11 is 0. The average Bonchev–Trinajstić information content (AvgIpc) is 2.67. The Bertz CT molecular complexity index is 215. The molecule has 0 saturated carbocycles. The SMILES string of the molecule is N#CC1CCN(CC2CCCCN2)C1. The predicted molar refractivity (Wildman–Crippen MR) is 55.8 cm³/mol. The summed E-state index contributed by atoms with van der Waals surface area (Å²) in [6.07, 6.45) is 5.08. The highest BCUT2D eigenvalue weighted by Crippen LogP contribution is 2.17. The van der Waals surface area contributed by atoms with Crippen LogP contribution in [0.2, 0.25) is 0 Å². The number of hydrogen-bond acceptors (Lipinski definition) is 3. The van der Waals surface area contributed by atoms with Gasteiger partial charge in [-0.25, -0.2) is 0 Å². The molecule has 2 aliphatic rings. The van der Waals surface area contributed by atoms with Gasteiger partial charge in [0.05, 0.1) is 12.0 Å². The molecular formula is C11H19N3. The van der Waals surface area contributed by atoms with Crippen LogP contribution in [0, 0.1) is 17.2 Å². The van der Waals surface area contributed by atoms with Crippen LogP contribution in [0.15, 0.2) is 0 Å². The molecule has 2 saturated heterocycles. The fourth-order valence-electron chi connectivity index (χ4n) is 2.50. The fourth-order valence-corrected chi connectivity index (χ4v) is 2.50. The van der Waals surface area contributed by atoms with Crippen LogP contribution in [-0.4, -0.2) is 37.1 Å². The Morgan fingerprint density at radius 1 is 1.36 bits per heavy atom. The number of nitrogens with one attached hydrogen (secondary N) is 1. The van der Waals surface area contributed by atoms with Gasteiger partial charge in [-0.3, -0.25) is 0 Å². The molecule has 14 heavy (non-hydrogen) atoms. The van der Waals surface area contributed by atoms with E-state index in [1.54, 1.807) is 0 Å². The lowest BCUT2D eigenvalue weighted by Gasteiger charge is -2.27. The maximum Gasteiger partial charge on any atom is 0.0669 e. The molecule has 3 heteroatoms. The van der Waals surface area contributed by atoms with Crippen LogP contribution in [0.4, 0.5) is 0 Å². The van der Waals surface area contributed by atoms with Crippen LogP contribution in [0.5, 0.6) is 0 Å². The molecule has 2 unspecified atom stereocenters. The van der Waals surface area contributed by atoms with E-state index in [4.69, 9.17) is 5.26 Å². The topological polar surface area (TPSA) is 39.1 Å². The first kappa shape index (κ1) is 9.95. The Hall–Kier alpha value is -0.590. The Balaban J connectivity index is 1.73. The first-order chi connectivity index (χ1) is 6.88. The van der Waals surface area contributed by atoms with E-state index < -0.39 is 0 Å². The summed E-state index contributed by atoms with van der Waals surface area (Å²) < 4.78 is 0. The molecule has 0 aromatic carbocycles. The van der Waals surface area contributed by atoms with E-state index in [-0.39, 0.29) is 0 Å². The largest absolute Gasteiger partial charge is 0.313 e. The highest BCUT2D eigenvalue weighted by molar-refractivity contribution is 4.91. The summed E-state index contributed by atoms with van der Waals surface area (Å²) in [6, 6.07) is 3.05. The molecule has 2 rings (SSSR count). The lowest BCUT2D eigenvalue weighted by Crippen LogP contribution is -2.42. The Labute approximate surface area is 86.1 Å². The molecule has 1 N–H and O–H groups in total. The molecule has 2 atom stereocenters. The first-order valence-corrected chi connectivity index (χ1v) is 5.74. The standard InChI is InChI=1S/C11H19N3/c12-7-10-4-6-14(8-10)9-11-3-1-2-5-13-11/h10-11,13H,1-6,8-9H2. The van der Waals surface area contributed by atoms with Gasteiger partial charge in [-0.2, -0.15) is 5.26 Å². The molecule has 0 aromatic heterocycles. The van der Waals surface area contributed by atoms with E-state index in [0.717, 1.165) is 26.1 Å². The zero-order chi connectivity index (χ0) is 9.80. The van der Waals surface area contributed by atoms with E-state index in [1.807, 2.05) is 0 Å². The smallest absolute Gasteiger partial charge is 0.0669 e. The fraction of sp³-hybridized carbons (Fsp3) is 0.909. The van der Waals surface area contributed by atoms with Gasteiger partial charge in [-0.15, -0.1) is 0 Å². The molecule has 0 spiro atoms. The molecule has 0 aromatic rings. The number of piperidine rings is 1. The Morgan fingerprint density at radius 3 is 2.93 bits per heavy atom. The van der Waals surface area contributed by atoms with Crippen molar-refractivity contribution in [1.82, 2.24) is 10.2 Å². The van der Waals surface area contributed by atoms with E-state index in [0.29, 0.717) is 12.0 Å². The minimum Gasteiger partial charge on any atom is -0.313 e. The van der Waals surface area contributed by atoms with Crippen molar-refractivity contribution in [3.8, 4) is 6.07 Å². The highest BCUT2D eigenvalue weighted by atomic mass is 15.2. The Morgan fingerprint density at radius 2 is 2.29 bits per heavy atom. The van der Waals surface area contributed by atoms with Crippen molar-refractivity contribution in [1.29, 1.82) is 5.26 Å². The van der Waals surface area contributed by atoms with Crippen molar-refractivity contribution in [2.45, 2.75) is 31.7 Å². The van der Waals surface area contributed by atoms with Gasteiger partial charge in [-0.05, 0) is 32.4 Å². The molecule has 78 valence electrons. The van der Waals surface area contributed by atoms with Gasteiger partial charge in [0.25, 0.3) is 0 Å². The zero-order valence-corrected chi connectivity index (χ0v) is 8.71. The van der Waals surface area contributed by atoms with Crippen molar-refractivity contribution in [3.05, 3.63) is 0 Å². The van der Waals surface area contributed by atoms with E-state index in [2.05, 4.69) is 16.3 Å². The second kappa shape index (κ2) is 4.77. The van der Waals surface area contributed by atoms with Crippen LogP contribution in [-0.2, 0) is 0 Å². The number of rotatable bonds is 2. The molecule has 0 aliphatic carbocycles. The van der Waals surface area contributed by atoms with Gasteiger partial charge in [0.2, 0.25) is 0 Å². The van der Waals surface area contributed by atoms with Gasteiger partial charge in [-0.1, -0.05) is 6.42 Å². The van der Waals surface area contributed by atoms with E-state index >= 15 is 0 Å². The monoisotopic (exact) mass is 193 g/mol. The number of hydrogen-bond donors (Lipinski definition) is 1. The van der Waals surface area contributed by atoms with Gasteiger partial charge >= 0.3 is 0 Å². The molecular weight excluding hydrogens is 174 g/mol. The van der Waals surface area contributed by atoms with E-state index in [9.17, 15) is 0 Å². The van der Waals surface area contributed by atoms with Crippen molar-refractivity contribution in [2.24, 2.45) is 5.92 Å². The summed E-state index contributed by atoms with van der Waals surface area (Å²) in [6.45, 7) is 4.45. The third-order valence-electron chi connectivity index (χ3n) is 3.35. The summed E-state index contributed by atoms with van der Waals surface area (Å²) in [5, 5.41) is 12.4. The van der Waals surface area contributed by atoms with E-state index in [1.165, 1.54) is 25.8 Å². The van der Waals surface area contributed by atoms with Crippen molar-refractivity contribution in [3.63, 3.8) is 0 Å². The molecule has 2 heterocycles. The number of likely N-dealkylation sites (tertiary alicyclic amines) is 1. The second-order valence-corrected chi connectivity index (χ2v) is 4.52. The summed E-state index contributed by atoms with van der Waals surface area (Å²) in [5.74, 6) is 0.290. The predicted octanol–water partition coefficient (Wildman–Crippen LogP) is 0.974. The molecule has 0 amide bonds.